The van der Waals surface area contributed by atoms with Gasteiger partial charge in [-0.1, -0.05) is 58.8 Å². The third-order valence-electron chi connectivity index (χ3n) is 4.33. The summed E-state index contributed by atoms with van der Waals surface area (Å²) in [6.45, 7) is 6.09. The Morgan fingerprint density at radius 1 is 0.957 bits per heavy atom. The Hall–Kier alpha value is -0.570. The molecule has 0 aromatic rings. The summed E-state index contributed by atoms with van der Waals surface area (Å²) in [6.07, 6.45) is 13.7. The van der Waals surface area contributed by atoms with Crippen LogP contribution in [-0.2, 0) is 9.53 Å². The molecule has 0 rings (SSSR count). The summed E-state index contributed by atoms with van der Waals surface area (Å²) < 4.78 is 5.52. The second-order valence-electron chi connectivity index (χ2n) is 6.93. The highest BCUT2D eigenvalue weighted by Gasteiger charge is 2.11. The Bertz CT molecular complexity index is 266. The summed E-state index contributed by atoms with van der Waals surface area (Å²) in [6, 6.07) is 0. The normalized spacial score (nSPS) is 12.6. The van der Waals surface area contributed by atoms with Gasteiger partial charge >= 0.3 is 5.97 Å². The van der Waals surface area contributed by atoms with E-state index in [2.05, 4.69) is 20.9 Å². The lowest BCUT2D eigenvalue weighted by atomic mass is 9.96. The SMILES string of the molecule is [CH2-]N(C)CCCCCC(=O)OCC(CCCC)CCCCCC. The number of hydrogen-bond donors (Lipinski definition) is 0. The summed E-state index contributed by atoms with van der Waals surface area (Å²) in [5.41, 5.74) is 0. The number of ether oxygens (including phenoxy) is 1. The zero-order valence-corrected chi connectivity index (χ0v) is 15.9. The quantitative estimate of drug-likeness (QED) is 0.210. The average Bonchev–Trinajstić information content (AvgIpc) is 2.52. The van der Waals surface area contributed by atoms with Gasteiger partial charge in [-0.15, -0.1) is 0 Å². The molecule has 1 atom stereocenters. The fourth-order valence-electron chi connectivity index (χ4n) is 2.77. The summed E-state index contributed by atoms with van der Waals surface area (Å²) in [5.74, 6) is 0.554. The number of unbranched alkanes of at least 4 members (excludes halogenated alkanes) is 6. The van der Waals surface area contributed by atoms with Crippen molar-refractivity contribution in [2.75, 3.05) is 20.2 Å². The monoisotopic (exact) mass is 326 g/mol. The Morgan fingerprint density at radius 3 is 2.26 bits per heavy atom. The second-order valence-corrected chi connectivity index (χ2v) is 6.93. The van der Waals surface area contributed by atoms with Crippen LogP contribution >= 0.6 is 0 Å². The summed E-state index contributed by atoms with van der Waals surface area (Å²) in [4.78, 5) is 13.8. The third kappa shape index (κ3) is 16.1. The van der Waals surface area contributed by atoms with E-state index in [0.29, 0.717) is 18.9 Å². The van der Waals surface area contributed by atoms with Crippen LogP contribution in [0.2, 0.25) is 0 Å². The van der Waals surface area contributed by atoms with Gasteiger partial charge in [-0.3, -0.25) is 11.8 Å². The van der Waals surface area contributed by atoms with Gasteiger partial charge in [0.05, 0.1) is 6.61 Å². The predicted octanol–water partition coefficient (Wildman–Crippen LogP) is 5.59. The van der Waals surface area contributed by atoms with Crippen molar-refractivity contribution in [2.24, 2.45) is 5.92 Å². The van der Waals surface area contributed by atoms with E-state index in [9.17, 15) is 4.79 Å². The molecule has 0 amide bonds. The van der Waals surface area contributed by atoms with Crippen molar-refractivity contribution in [2.45, 2.75) is 90.9 Å². The van der Waals surface area contributed by atoms with Gasteiger partial charge in [-0.2, -0.15) is 0 Å². The van der Waals surface area contributed by atoms with E-state index in [0.717, 1.165) is 25.8 Å². The first-order valence-corrected chi connectivity index (χ1v) is 9.77. The van der Waals surface area contributed by atoms with Crippen molar-refractivity contribution in [3.63, 3.8) is 0 Å². The summed E-state index contributed by atoms with van der Waals surface area (Å²) >= 11 is 0. The molecular weight excluding hydrogens is 286 g/mol. The second kappa shape index (κ2) is 16.3. The molecule has 0 N–H and O–H groups in total. The van der Waals surface area contributed by atoms with E-state index in [1.807, 2.05) is 11.9 Å². The Morgan fingerprint density at radius 2 is 1.61 bits per heavy atom. The fourth-order valence-corrected chi connectivity index (χ4v) is 2.77. The molecular formula is C20H40NO2-. The van der Waals surface area contributed by atoms with Crippen molar-refractivity contribution in [1.82, 2.24) is 4.90 Å². The molecule has 0 radical (unpaired) electrons. The first kappa shape index (κ1) is 22.4. The van der Waals surface area contributed by atoms with Crippen molar-refractivity contribution < 1.29 is 9.53 Å². The van der Waals surface area contributed by atoms with Crippen LogP contribution in [0, 0.1) is 13.0 Å². The van der Waals surface area contributed by atoms with Gasteiger partial charge in [0.2, 0.25) is 0 Å². The molecule has 1 unspecified atom stereocenters. The lowest BCUT2D eigenvalue weighted by Gasteiger charge is -2.17. The fraction of sp³-hybridized carbons (Fsp3) is 0.900. The smallest absolute Gasteiger partial charge is 0.305 e. The van der Waals surface area contributed by atoms with Gasteiger partial charge in [-0.05, 0) is 45.2 Å². The Balaban J connectivity index is 3.77. The summed E-state index contributed by atoms with van der Waals surface area (Å²) in [7, 11) is 5.80. The van der Waals surface area contributed by atoms with Crippen LogP contribution in [0.3, 0.4) is 0 Å². The van der Waals surface area contributed by atoms with E-state index in [-0.39, 0.29) is 5.97 Å². The van der Waals surface area contributed by atoms with Crippen LogP contribution in [0.5, 0.6) is 0 Å². The molecule has 0 spiro atoms. The minimum Gasteiger partial charge on any atom is -0.465 e. The number of nitrogens with zero attached hydrogens (tertiary/aromatic N) is 1. The lowest BCUT2D eigenvalue weighted by Crippen LogP contribution is -2.15. The molecule has 0 aromatic carbocycles. The highest BCUT2D eigenvalue weighted by molar-refractivity contribution is 5.69. The Kier molecular flexibility index (Phi) is 15.9. The lowest BCUT2D eigenvalue weighted by molar-refractivity contribution is -0.145. The molecule has 0 aliphatic carbocycles. The molecule has 138 valence electrons. The predicted molar refractivity (Wildman–Crippen MR) is 99.2 cm³/mol. The molecule has 0 heterocycles. The largest absolute Gasteiger partial charge is 0.465 e. The van der Waals surface area contributed by atoms with Gasteiger partial charge < -0.3 is 9.64 Å². The van der Waals surface area contributed by atoms with Crippen molar-refractivity contribution in [3.8, 4) is 0 Å². The standard InChI is InChI=1S/C20H40NO2/c1-5-7-9-11-15-19(14-8-6-2)18-23-20(22)16-12-10-13-17-21(3)4/h19H,3,5-18H2,1-2,4H3/q-1. The van der Waals surface area contributed by atoms with Crippen molar-refractivity contribution in [3.05, 3.63) is 7.05 Å². The van der Waals surface area contributed by atoms with Gasteiger partial charge in [-0.25, -0.2) is 0 Å². The molecule has 0 aliphatic rings. The maximum Gasteiger partial charge on any atom is 0.305 e. The third-order valence-corrected chi connectivity index (χ3v) is 4.33. The molecule has 3 heteroatoms. The van der Waals surface area contributed by atoms with Gasteiger partial charge in [0.25, 0.3) is 0 Å². The molecule has 0 aromatic heterocycles. The van der Waals surface area contributed by atoms with Crippen LogP contribution in [-0.4, -0.2) is 31.1 Å². The minimum atomic E-state index is -0.0111. The maximum absolute atomic E-state index is 11.8. The van der Waals surface area contributed by atoms with Crippen LogP contribution in [0.15, 0.2) is 0 Å². The maximum atomic E-state index is 11.8. The molecule has 0 aliphatic heterocycles. The van der Waals surface area contributed by atoms with E-state index in [1.165, 1.54) is 51.4 Å². The molecule has 3 nitrogen and oxygen atoms in total. The zero-order chi connectivity index (χ0) is 17.3. The highest BCUT2D eigenvalue weighted by Crippen LogP contribution is 2.18. The van der Waals surface area contributed by atoms with Crippen LogP contribution in [0.4, 0.5) is 0 Å². The number of esters is 1. The molecule has 0 fully saturated rings. The first-order valence-electron chi connectivity index (χ1n) is 9.77. The van der Waals surface area contributed by atoms with Crippen LogP contribution in [0.1, 0.15) is 90.9 Å². The number of hydrogen-bond acceptors (Lipinski definition) is 3. The van der Waals surface area contributed by atoms with Gasteiger partial charge in [0, 0.05) is 6.42 Å². The molecule has 0 saturated heterocycles. The van der Waals surface area contributed by atoms with E-state index >= 15 is 0 Å². The van der Waals surface area contributed by atoms with Crippen molar-refractivity contribution in [1.29, 1.82) is 0 Å². The first-order chi connectivity index (χ1) is 11.1. The van der Waals surface area contributed by atoms with Crippen LogP contribution in [0.25, 0.3) is 0 Å². The minimum absolute atomic E-state index is 0.0111. The Labute approximate surface area is 145 Å². The number of carbonyl (C=O) groups excluding carboxylic acids is 1. The summed E-state index contributed by atoms with van der Waals surface area (Å²) in [5, 5.41) is 0. The molecule has 23 heavy (non-hydrogen) atoms. The average molecular weight is 327 g/mol. The molecule has 0 bridgehead atoms. The van der Waals surface area contributed by atoms with E-state index < -0.39 is 0 Å². The van der Waals surface area contributed by atoms with Gasteiger partial charge in [0.1, 0.15) is 0 Å². The highest BCUT2D eigenvalue weighted by atomic mass is 16.5. The number of rotatable bonds is 16. The van der Waals surface area contributed by atoms with E-state index in [4.69, 9.17) is 4.74 Å². The van der Waals surface area contributed by atoms with Gasteiger partial charge in [0.15, 0.2) is 0 Å². The zero-order valence-electron chi connectivity index (χ0n) is 15.9. The van der Waals surface area contributed by atoms with Crippen LogP contribution < -0.4 is 0 Å². The van der Waals surface area contributed by atoms with E-state index in [1.54, 1.807) is 0 Å². The topological polar surface area (TPSA) is 29.5 Å². The number of carbonyl (C=O) groups is 1. The molecule has 0 saturated carbocycles. The van der Waals surface area contributed by atoms with Crippen molar-refractivity contribution >= 4 is 5.97 Å².